The van der Waals surface area contributed by atoms with Gasteiger partial charge in [-0.2, -0.15) is 0 Å². The van der Waals surface area contributed by atoms with Gasteiger partial charge in [-0.05, 0) is 31.5 Å². The first-order valence-electron chi connectivity index (χ1n) is 5.97. The largest absolute Gasteiger partial charge is 0.395 e. The second-order valence-corrected chi connectivity index (χ2v) is 4.38. The van der Waals surface area contributed by atoms with Crippen molar-refractivity contribution in [3.05, 3.63) is 28.8 Å². The van der Waals surface area contributed by atoms with Gasteiger partial charge in [-0.3, -0.25) is 9.59 Å². The van der Waals surface area contributed by atoms with Gasteiger partial charge in [-0.15, -0.1) is 0 Å². The molecule has 0 aliphatic heterocycles. The van der Waals surface area contributed by atoms with Crippen LogP contribution >= 0.6 is 11.6 Å². The van der Waals surface area contributed by atoms with Crippen molar-refractivity contribution in [2.24, 2.45) is 0 Å². The molecular formula is C13H17ClN2O3. The van der Waals surface area contributed by atoms with Gasteiger partial charge in [0.1, 0.15) is 0 Å². The number of carbonyl (C=O) groups excluding carboxylic acids is 2. The van der Waals surface area contributed by atoms with Gasteiger partial charge >= 0.3 is 11.8 Å². The number of hydrogen-bond acceptors (Lipinski definition) is 3. The van der Waals surface area contributed by atoms with Gasteiger partial charge in [-0.25, -0.2) is 0 Å². The number of halogens is 1. The van der Waals surface area contributed by atoms with Crippen molar-refractivity contribution in [1.29, 1.82) is 0 Å². The van der Waals surface area contributed by atoms with Crippen LogP contribution in [0.2, 0.25) is 5.02 Å². The van der Waals surface area contributed by atoms with Crippen LogP contribution in [0.3, 0.4) is 0 Å². The number of rotatable bonds is 4. The summed E-state index contributed by atoms with van der Waals surface area (Å²) in [5.41, 5.74) is 1.21. The van der Waals surface area contributed by atoms with Crippen molar-refractivity contribution in [3.8, 4) is 0 Å². The number of anilines is 1. The molecule has 0 unspecified atom stereocenters. The molecule has 0 bridgehead atoms. The highest BCUT2D eigenvalue weighted by Gasteiger charge is 2.20. The normalized spacial score (nSPS) is 10.1. The third-order valence-corrected chi connectivity index (χ3v) is 3.16. The van der Waals surface area contributed by atoms with Crippen LogP contribution in [-0.4, -0.2) is 41.5 Å². The molecule has 0 heterocycles. The average Bonchev–Trinajstić information content (AvgIpc) is 2.40. The van der Waals surface area contributed by atoms with E-state index in [1.54, 1.807) is 32.0 Å². The molecule has 0 saturated heterocycles. The van der Waals surface area contributed by atoms with Gasteiger partial charge in [-0.1, -0.05) is 17.7 Å². The molecule has 2 N–H and O–H groups in total. The molecule has 1 aromatic rings. The maximum Gasteiger partial charge on any atom is 0.313 e. The Labute approximate surface area is 117 Å². The summed E-state index contributed by atoms with van der Waals surface area (Å²) in [5, 5.41) is 11.9. The number of aliphatic hydroxyl groups excluding tert-OH is 1. The molecule has 1 rings (SSSR count). The molecule has 1 aromatic carbocycles. The van der Waals surface area contributed by atoms with E-state index in [1.807, 2.05) is 0 Å². The van der Waals surface area contributed by atoms with Crippen molar-refractivity contribution in [2.45, 2.75) is 13.8 Å². The lowest BCUT2D eigenvalue weighted by Crippen LogP contribution is -2.41. The minimum Gasteiger partial charge on any atom is -0.395 e. The molecular weight excluding hydrogens is 268 g/mol. The van der Waals surface area contributed by atoms with Crippen molar-refractivity contribution in [1.82, 2.24) is 4.90 Å². The van der Waals surface area contributed by atoms with Crippen molar-refractivity contribution < 1.29 is 14.7 Å². The maximum atomic E-state index is 11.8. The molecule has 0 radical (unpaired) electrons. The van der Waals surface area contributed by atoms with Gasteiger partial charge in [0.2, 0.25) is 0 Å². The number of benzene rings is 1. The lowest BCUT2D eigenvalue weighted by Gasteiger charge is -2.19. The summed E-state index contributed by atoms with van der Waals surface area (Å²) in [6.45, 7) is 3.82. The molecule has 104 valence electrons. The number of aliphatic hydroxyl groups is 1. The summed E-state index contributed by atoms with van der Waals surface area (Å²) in [6, 6.07) is 5.08. The third kappa shape index (κ3) is 3.94. The van der Waals surface area contributed by atoms with E-state index in [-0.39, 0.29) is 13.2 Å². The Morgan fingerprint density at radius 1 is 1.42 bits per heavy atom. The summed E-state index contributed by atoms with van der Waals surface area (Å²) < 4.78 is 0. The van der Waals surface area contributed by atoms with E-state index in [0.29, 0.717) is 22.8 Å². The van der Waals surface area contributed by atoms with E-state index in [2.05, 4.69) is 5.32 Å². The molecule has 5 nitrogen and oxygen atoms in total. The van der Waals surface area contributed by atoms with E-state index >= 15 is 0 Å². The second kappa shape index (κ2) is 7.11. The zero-order valence-electron chi connectivity index (χ0n) is 10.9. The molecule has 0 atom stereocenters. The quantitative estimate of drug-likeness (QED) is 0.822. The van der Waals surface area contributed by atoms with Crippen LogP contribution in [-0.2, 0) is 9.59 Å². The smallest absolute Gasteiger partial charge is 0.313 e. The van der Waals surface area contributed by atoms with Gasteiger partial charge < -0.3 is 15.3 Å². The maximum absolute atomic E-state index is 11.8. The Hall–Kier alpha value is -1.59. The zero-order chi connectivity index (χ0) is 14.4. The Morgan fingerprint density at radius 2 is 2.11 bits per heavy atom. The van der Waals surface area contributed by atoms with Crippen molar-refractivity contribution in [3.63, 3.8) is 0 Å². The number of likely N-dealkylation sites (N-methyl/N-ethyl adjacent to an activating group) is 1. The number of carbonyl (C=O) groups is 2. The SMILES string of the molecule is CCN(CCO)C(=O)C(=O)Nc1cccc(Cl)c1C. The van der Waals surface area contributed by atoms with Crippen molar-refractivity contribution in [2.75, 3.05) is 25.0 Å². The van der Waals surface area contributed by atoms with Gasteiger partial charge in [0.05, 0.1) is 6.61 Å². The minimum atomic E-state index is -0.735. The number of amides is 2. The van der Waals surface area contributed by atoms with Gasteiger partial charge in [0.15, 0.2) is 0 Å². The van der Waals surface area contributed by atoms with E-state index in [1.165, 1.54) is 4.90 Å². The molecule has 0 aliphatic rings. The molecule has 0 fully saturated rings. The molecule has 0 aliphatic carbocycles. The highest BCUT2D eigenvalue weighted by atomic mass is 35.5. The Bertz CT molecular complexity index is 477. The Morgan fingerprint density at radius 3 is 2.68 bits per heavy atom. The monoisotopic (exact) mass is 284 g/mol. The molecule has 2 amide bonds. The van der Waals surface area contributed by atoms with Crippen molar-refractivity contribution >= 4 is 29.1 Å². The lowest BCUT2D eigenvalue weighted by atomic mass is 10.2. The fourth-order valence-corrected chi connectivity index (χ4v) is 1.76. The Balaban J connectivity index is 2.79. The number of hydrogen-bond donors (Lipinski definition) is 2. The predicted molar refractivity (Wildman–Crippen MR) is 74.2 cm³/mol. The van der Waals surface area contributed by atoms with Gasteiger partial charge in [0.25, 0.3) is 0 Å². The van der Waals surface area contributed by atoms with Crippen LogP contribution in [0, 0.1) is 6.92 Å². The molecule has 6 heteroatoms. The molecule has 0 saturated carbocycles. The fraction of sp³-hybridized carbons (Fsp3) is 0.385. The summed E-state index contributed by atoms with van der Waals surface area (Å²) in [7, 11) is 0. The van der Waals surface area contributed by atoms with E-state index < -0.39 is 11.8 Å². The number of nitrogens with one attached hydrogen (secondary N) is 1. The van der Waals surface area contributed by atoms with Crippen LogP contribution in [0.4, 0.5) is 5.69 Å². The minimum absolute atomic E-state index is 0.136. The first-order chi connectivity index (χ1) is 9.01. The lowest BCUT2D eigenvalue weighted by molar-refractivity contribution is -0.143. The van der Waals surface area contributed by atoms with Crippen LogP contribution in [0.1, 0.15) is 12.5 Å². The summed E-state index contributed by atoms with van der Waals surface area (Å²) >= 11 is 5.94. The molecule has 19 heavy (non-hydrogen) atoms. The van der Waals surface area contributed by atoms with Crippen LogP contribution < -0.4 is 5.32 Å². The standard InChI is InChI=1S/C13H17ClN2O3/c1-3-16(7-8-17)13(19)12(18)15-11-6-4-5-10(14)9(11)2/h4-6,17H,3,7-8H2,1-2H3,(H,15,18). The predicted octanol–water partition coefficient (Wildman–Crippen LogP) is 1.43. The Kier molecular flexibility index (Phi) is 5.79. The topological polar surface area (TPSA) is 69.6 Å². The van der Waals surface area contributed by atoms with Gasteiger partial charge in [0, 0.05) is 23.8 Å². The summed E-state index contributed by atoms with van der Waals surface area (Å²) in [4.78, 5) is 24.9. The van der Waals surface area contributed by atoms with Crippen LogP contribution in [0.25, 0.3) is 0 Å². The van der Waals surface area contributed by atoms with E-state index in [4.69, 9.17) is 16.7 Å². The second-order valence-electron chi connectivity index (χ2n) is 3.97. The highest BCUT2D eigenvalue weighted by molar-refractivity contribution is 6.40. The highest BCUT2D eigenvalue weighted by Crippen LogP contribution is 2.22. The molecule has 0 spiro atoms. The summed E-state index contributed by atoms with van der Waals surface area (Å²) in [6.07, 6.45) is 0. The van der Waals surface area contributed by atoms with Crippen LogP contribution in [0.15, 0.2) is 18.2 Å². The first-order valence-corrected chi connectivity index (χ1v) is 6.35. The van der Waals surface area contributed by atoms with Crippen LogP contribution in [0.5, 0.6) is 0 Å². The fourth-order valence-electron chi connectivity index (χ4n) is 1.59. The third-order valence-electron chi connectivity index (χ3n) is 2.75. The molecule has 0 aromatic heterocycles. The average molecular weight is 285 g/mol. The zero-order valence-corrected chi connectivity index (χ0v) is 11.7. The summed E-state index contributed by atoms with van der Waals surface area (Å²) in [5.74, 6) is -1.41. The van der Waals surface area contributed by atoms with E-state index in [9.17, 15) is 9.59 Å². The first kappa shape index (κ1) is 15.5. The van der Waals surface area contributed by atoms with E-state index in [0.717, 1.165) is 0 Å². The number of nitrogens with zero attached hydrogens (tertiary/aromatic N) is 1.